The molecule has 0 bridgehead atoms. The Bertz CT molecular complexity index is 132. The average molecular weight is 217 g/mol. The van der Waals surface area contributed by atoms with Gasteiger partial charge in [0.15, 0.2) is 0 Å². The van der Waals surface area contributed by atoms with Crippen molar-refractivity contribution < 1.29 is 5.11 Å². The summed E-state index contributed by atoms with van der Waals surface area (Å²) >= 11 is 0. The summed E-state index contributed by atoms with van der Waals surface area (Å²) < 4.78 is 0. The molecule has 0 heterocycles. The van der Waals surface area contributed by atoms with E-state index in [0.717, 1.165) is 24.7 Å². The minimum Gasteiger partial charge on any atom is -0.396 e. The van der Waals surface area contributed by atoms with Crippen molar-refractivity contribution in [2.75, 3.05) is 6.61 Å². The van der Waals surface area contributed by atoms with Gasteiger partial charge in [-0.25, -0.2) is 0 Å². The van der Waals surface area contributed by atoms with Gasteiger partial charge in [0.2, 0.25) is 0 Å². The lowest BCUT2D eigenvalue weighted by atomic mass is 9.86. The van der Waals surface area contributed by atoms with Crippen LogP contribution >= 0.6 is 0 Å². The first-order valence-electron chi connectivity index (χ1n) is 6.29. The highest BCUT2D eigenvalue weighted by atomic mass is 16.3. The average Bonchev–Trinajstić information content (AvgIpc) is 2.17. The van der Waals surface area contributed by atoms with E-state index >= 15 is 0 Å². The second kappa shape index (κ2) is 9.17. The Morgan fingerprint density at radius 1 is 1.13 bits per heavy atom. The molecule has 0 aromatic heterocycles. The minimum absolute atomic E-state index is 0.183. The number of rotatable bonds is 6. The van der Waals surface area contributed by atoms with E-state index in [1.807, 2.05) is 20.8 Å². The fourth-order valence-electron chi connectivity index (χ4n) is 1.27. The molecular formula is C13H31NO. The summed E-state index contributed by atoms with van der Waals surface area (Å²) in [5.74, 6) is 1.45. The largest absolute Gasteiger partial charge is 0.396 e. The van der Waals surface area contributed by atoms with E-state index in [9.17, 15) is 0 Å². The quantitative estimate of drug-likeness (QED) is 0.718. The molecule has 0 aromatic carbocycles. The molecule has 0 aliphatic carbocycles. The first-order chi connectivity index (χ1) is 6.89. The van der Waals surface area contributed by atoms with Crippen molar-refractivity contribution in [1.82, 2.24) is 0 Å². The summed E-state index contributed by atoms with van der Waals surface area (Å²) in [5, 5.41) is 8.80. The third-order valence-corrected chi connectivity index (χ3v) is 2.99. The lowest BCUT2D eigenvalue weighted by Crippen LogP contribution is -2.37. The summed E-state index contributed by atoms with van der Waals surface area (Å²) in [6, 6.07) is 0. The highest BCUT2D eigenvalue weighted by Gasteiger charge is 2.19. The van der Waals surface area contributed by atoms with E-state index in [1.165, 1.54) is 0 Å². The number of hydrogen-bond acceptors (Lipinski definition) is 2. The van der Waals surface area contributed by atoms with Crippen LogP contribution in [0.1, 0.15) is 60.8 Å². The lowest BCUT2D eigenvalue weighted by molar-refractivity contribution is 0.228. The molecule has 2 unspecified atom stereocenters. The van der Waals surface area contributed by atoms with Crippen molar-refractivity contribution in [3.05, 3.63) is 0 Å². The Labute approximate surface area is 96.3 Å². The van der Waals surface area contributed by atoms with Crippen molar-refractivity contribution in [2.24, 2.45) is 17.6 Å². The van der Waals surface area contributed by atoms with Crippen LogP contribution in [0.2, 0.25) is 0 Å². The molecule has 15 heavy (non-hydrogen) atoms. The van der Waals surface area contributed by atoms with Crippen molar-refractivity contribution in [2.45, 2.75) is 66.3 Å². The van der Waals surface area contributed by atoms with Crippen LogP contribution < -0.4 is 5.73 Å². The van der Waals surface area contributed by atoms with Gasteiger partial charge in [0, 0.05) is 12.1 Å². The third-order valence-electron chi connectivity index (χ3n) is 2.99. The molecule has 0 aromatic rings. The highest BCUT2D eigenvalue weighted by Crippen LogP contribution is 2.21. The number of nitrogens with two attached hydrogens (primary N) is 1. The molecule has 0 aliphatic heterocycles. The maximum atomic E-state index is 8.80. The zero-order valence-corrected chi connectivity index (χ0v) is 11.5. The minimum atomic E-state index is -0.183. The van der Waals surface area contributed by atoms with Crippen LogP contribution in [0.3, 0.4) is 0 Å². The van der Waals surface area contributed by atoms with E-state index in [4.69, 9.17) is 10.8 Å². The molecule has 0 spiro atoms. The van der Waals surface area contributed by atoms with Crippen LogP contribution in [-0.4, -0.2) is 17.3 Å². The summed E-state index contributed by atoms with van der Waals surface area (Å²) in [7, 11) is 0. The molecule has 94 valence electrons. The van der Waals surface area contributed by atoms with Crippen molar-refractivity contribution in [1.29, 1.82) is 0 Å². The summed E-state index contributed by atoms with van der Waals surface area (Å²) in [6.07, 6.45) is 2.87. The van der Waals surface area contributed by atoms with E-state index < -0.39 is 0 Å². The van der Waals surface area contributed by atoms with E-state index in [-0.39, 0.29) is 12.1 Å². The molecule has 0 saturated carbocycles. The number of hydrogen-bond donors (Lipinski definition) is 2. The Hall–Kier alpha value is -0.0800. The first-order valence-corrected chi connectivity index (χ1v) is 6.29. The van der Waals surface area contributed by atoms with Crippen LogP contribution in [0.4, 0.5) is 0 Å². The van der Waals surface area contributed by atoms with Gasteiger partial charge in [-0.2, -0.15) is 0 Å². The molecule has 0 radical (unpaired) electrons. The zero-order chi connectivity index (χ0) is 12.5. The summed E-state index contributed by atoms with van der Waals surface area (Å²) in [5.41, 5.74) is 5.83. The second-order valence-electron chi connectivity index (χ2n) is 4.89. The molecule has 2 atom stereocenters. The Kier molecular flexibility index (Phi) is 10.6. The fourth-order valence-corrected chi connectivity index (χ4v) is 1.27. The lowest BCUT2D eigenvalue weighted by Gasteiger charge is -2.26. The van der Waals surface area contributed by atoms with E-state index in [0.29, 0.717) is 6.42 Å². The predicted molar refractivity (Wildman–Crippen MR) is 68.9 cm³/mol. The topological polar surface area (TPSA) is 46.2 Å². The molecule has 0 aliphatic rings. The van der Waals surface area contributed by atoms with Gasteiger partial charge in [0.1, 0.15) is 0 Å². The van der Waals surface area contributed by atoms with Gasteiger partial charge in [-0.3, -0.25) is 0 Å². The SMILES string of the molecule is CC.CC(C)C(C)CCC(C)(N)CCO. The van der Waals surface area contributed by atoms with Gasteiger partial charge in [-0.1, -0.05) is 34.6 Å². The Balaban J connectivity index is 0. The molecule has 0 amide bonds. The fraction of sp³-hybridized carbons (Fsp3) is 1.00. The zero-order valence-electron chi connectivity index (χ0n) is 11.5. The molecule has 0 fully saturated rings. The van der Waals surface area contributed by atoms with Crippen LogP contribution in [0.15, 0.2) is 0 Å². The van der Waals surface area contributed by atoms with E-state index in [1.54, 1.807) is 0 Å². The molecule has 2 heteroatoms. The van der Waals surface area contributed by atoms with Crippen LogP contribution in [-0.2, 0) is 0 Å². The molecular weight excluding hydrogens is 186 g/mol. The number of aliphatic hydroxyl groups excluding tert-OH is 1. The van der Waals surface area contributed by atoms with Crippen LogP contribution in [0, 0.1) is 11.8 Å². The molecule has 0 rings (SSSR count). The maximum absolute atomic E-state index is 8.80. The van der Waals surface area contributed by atoms with Crippen LogP contribution in [0.5, 0.6) is 0 Å². The Morgan fingerprint density at radius 2 is 1.60 bits per heavy atom. The first kappa shape index (κ1) is 17.3. The number of aliphatic hydroxyl groups is 1. The van der Waals surface area contributed by atoms with Gasteiger partial charge < -0.3 is 10.8 Å². The molecule has 0 saturated heterocycles. The van der Waals surface area contributed by atoms with Crippen molar-refractivity contribution in [3.8, 4) is 0 Å². The van der Waals surface area contributed by atoms with E-state index in [2.05, 4.69) is 20.8 Å². The Morgan fingerprint density at radius 3 is 1.93 bits per heavy atom. The normalized spacial score (nSPS) is 16.6. The maximum Gasteiger partial charge on any atom is 0.0448 e. The van der Waals surface area contributed by atoms with Gasteiger partial charge in [0.05, 0.1) is 0 Å². The van der Waals surface area contributed by atoms with Crippen molar-refractivity contribution in [3.63, 3.8) is 0 Å². The van der Waals surface area contributed by atoms with Gasteiger partial charge in [0.25, 0.3) is 0 Å². The second-order valence-corrected chi connectivity index (χ2v) is 4.89. The van der Waals surface area contributed by atoms with Gasteiger partial charge >= 0.3 is 0 Å². The van der Waals surface area contributed by atoms with Gasteiger partial charge in [-0.15, -0.1) is 0 Å². The molecule has 2 nitrogen and oxygen atoms in total. The monoisotopic (exact) mass is 217 g/mol. The van der Waals surface area contributed by atoms with Crippen LogP contribution in [0.25, 0.3) is 0 Å². The molecule has 3 N–H and O–H groups in total. The smallest absolute Gasteiger partial charge is 0.0448 e. The third kappa shape index (κ3) is 10.2. The summed E-state index contributed by atoms with van der Waals surface area (Å²) in [6.45, 7) is 13.0. The standard InChI is InChI=1S/C11H25NO.C2H6/c1-9(2)10(3)5-6-11(4,12)7-8-13;1-2/h9-10,13H,5-8,12H2,1-4H3;1-2H3. The highest BCUT2D eigenvalue weighted by molar-refractivity contribution is 4.79. The predicted octanol–water partition coefficient (Wildman–Crippen LogP) is 3.18. The van der Waals surface area contributed by atoms with Crippen molar-refractivity contribution >= 4 is 0 Å². The van der Waals surface area contributed by atoms with Gasteiger partial charge in [-0.05, 0) is 38.0 Å². The summed E-state index contributed by atoms with van der Waals surface area (Å²) in [4.78, 5) is 0.